The van der Waals surface area contributed by atoms with Crippen LogP contribution in [0.2, 0.25) is 0 Å². The second-order valence-electron chi connectivity index (χ2n) is 5.79. The van der Waals surface area contributed by atoms with Crippen LogP contribution in [0.4, 0.5) is 0 Å². The quantitative estimate of drug-likeness (QED) is 0.541. The number of nitrogens with zero attached hydrogens (tertiary/aromatic N) is 1. The summed E-state index contributed by atoms with van der Waals surface area (Å²) in [7, 11) is 0. The molecule has 94 valence electrons. The van der Waals surface area contributed by atoms with E-state index in [4.69, 9.17) is 0 Å². The highest BCUT2D eigenvalue weighted by Crippen LogP contribution is 2.53. The van der Waals surface area contributed by atoms with E-state index in [1.165, 1.54) is 30.4 Å². The van der Waals surface area contributed by atoms with E-state index in [1.807, 2.05) is 6.08 Å². The summed E-state index contributed by atoms with van der Waals surface area (Å²) in [5, 5.41) is 0. The van der Waals surface area contributed by atoms with Crippen LogP contribution in [0.5, 0.6) is 0 Å². The molecule has 1 aromatic rings. The van der Waals surface area contributed by atoms with Gasteiger partial charge in [0.1, 0.15) is 5.54 Å². The van der Waals surface area contributed by atoms with Gasteiger partial charge in [0.25, 0.3) is 0 Å². The van der Waals surface area contributed by atoms with Gasteiger partial charge in [0.15, 0.2) is 0 Å². The summed E-state index contributed by atoms with van der Waals surface area (Å²) < 4.78 is 0. The normalized spacial score (nSPS) is 34.1. The molecule has 0 aliphatic heterocycles. The third-order valence-electron chi connectivity index (χ3n) is 4.88. The Bertz CT molecular complexity index is 504. The van der Waals surface area contributed by atoms with E-state index in [-0.39, 0.29) is 5.54 Å². The van der Waals surface area contributed by atoms with Crippen LogP contribution in [0, 0.1) is 5.92 Å². The molecule has 3 rings (SSSR count). The molecule has 2 nitrogen and oxygen atoms in total. The van der Waals surface area contributed by atoms with E-state index in [0.717, 1.165) is 12.8 Å². The lowest BCUT2D eigenvalue weighted by molar-refractivity contribution is 0.157. The standard InChI is InChI=1S/C16H19NO/c1-12-10-13-6-4-5-9-16(13,17-11-18)15-8-3-2-7-14(12)15/h2-3,7-8,12-13H,4-6,9-10H2,1H3/t12-,13-,16-/m1/s1. The SMILES string of the molecule is C[C@@H]1C[C@H]2CCCC[C@]2(N=C=O)c2ccccc21. The van der Waals surface area contributed by atoms with Crippen molar-refractivity contribution in [2.75, 3.05) is 0 Å². The topological polar surface area (TPSA) is 29.4 Å². The fourth-order valence-corrected chi connectivity index (χ4v) is 4.06. The van der Waals surface area contributed by atoms with E-state index in [0.29, 0.717) is 11.8 Å². The monoisotopic (exact) mass is 241 g/mol. The predicted molar refractivity (Wildman–Crippen MR) is 71.2 cm³/mol. The number of rotatable bonds is 1. The summed E-state index contributed by atoms with van der Waals surface area (Å²) >= 11 is 0. The highest BCUT2D eigenvalue weighted by molar-refractivity contribution is 5.45. The van der Waals surface area contributed by atoms with Crippen molar-refractivity contribution in [2.24, 2.45) is 10.9 Å². The van der Waals surface area contributed by atoms with Crippen molar-refractivity contribution in [2.45, 2.75) is 50.5 Å². The minimum Gasteiger partial charge on any atom is -0.211 e. The summed E-state index contributed by atoms with van der Waals surface area (Å²) in [5.74, 6) is 1.11. The zero-order valence-electron chi connectivity index (χ0n) is 10.9. The zero-order chi connectivity index (χ0) is 12.6. The van der Waals surface area contributed by atoms with E-state index in [2.05, 4.69) is 36.2 Å². The van der Waals surface area contributed by atoms with Crippen LogP contribution < -0.4 is 0 Å². The van der Waals surface area contributed by atoms with Gasteiger partial charge < -0.3 is 0 Å². The maximum absolute atomic E-state index is 10.9. The molecule has 3 atom stereocenters. The van der Waals surface area contributed by atoms with Gasteiger partial charge >= 0.3 is 0 Å². The van der Waals surface area contributed by atoms with Crippen molar-refractivity contribution in [3.8, 4) is 0 Å². The fraction of sp³-hybridized carbons (Fsp3) is 0.562. The second kappa shape index (κ2) is 4.37. The van der Waals surface area contributed by atoms with Gasteiger partial charge in [0.05, 0.1) is 0 Å². The van der Waals surface area contributed by atoms with Crippen molar-refractivity contribution in [3.63, 3.8) is 0 Å². The molecule has 0 aromatic heterocycles. The average Bonchev–Trinajstić information content (AvgIpc) is 2.41. The highest BCUT2D eigenvalue weighted by Gasteiger charge is 2.47. The highest BCUT2D eigenvalue weighted by atomic mass is 16.1. The molecule has 1 fully saturated rings. The van der Waals surface area contributed by atoms with Gasteiger partial charge in [0, 0.05) is 0 Å². The maximum atomic E-state index is 10.9. The second-order valence-corrected chi connectivity index (χ2v) is 5.79. The largest absolute Gasteiger partial charge is 0.235 e. The molecule has 0 heterocycles. The molecule has 1 saturated carbocycles. The van der Waals surface area contributed by atoms with Crippen molar-refractivity contribution >= 4 is 6.08 Å². The maximum Gasteiger partial charge on any atom is 0.235 e. The summed E-state index contributed by atoms with van der Waals surface area (Å²) in [6.07, 6.45) is 7.67. The lowest BCUT2D eigenvalue weighted by atomic mass is 9.60. The molecule has 2 heteroatoms. The van der Waals surface area contributed by atoms with Crippen LogP contribution in [-0.4, -0.2) is 6.08 Å². The Labute approximate surface area is 108 Å². The van der Waals surface area contributed by atoms with Crippen molar-refractivity contribution in [1.82, 2.24) is 0 Å². The summed E-state index contributed by atoms with van der Waals surface area (Å²) in [6, 6.07) is 8.54. The molecule has 0 saturated heterocycles. The Balaban J connectivity index is 2.20. The van der Waals surface area contributed by atoms with Crippen molar-refractivity contribution in [3.05, 3.63) is 35.4 Å². The lowest BCUT2D eigenvalue weighted by Crippen LogP contribution is -2.41. The number of hydrogen-bond donors (Lipinski definition) is 0. The molecule has 2 aliphatic carbocycles. The summed E-state index contributed by atoms with van der Waals surface area (Å²) in [4.78, 5) is 15.2. The Morgan fingerprint density at radius 2 is 2.17 bits per heavy atom. The minimum absolute atomic E-state index is 0.261. The molecule has 0 radical (unpaired) electrons. The summed E-state index contributed by atoms with van der Waals surface area (Å²) in [6.45, 7) is 2.29. The number of fused-ring (bicyclic) bond motifs is 3. The van der Waals surface area contributed by atoms with Gasteiger partial charge in [-0.05, 0) is 42.2 Å². The van der Waals surface area contributed by atoms with E-state index in [1.54, 1.807) is 0 Å². The van der Waals surface area contributed by atoms with Gasteiger partial charge in [-0.2, -0.15) is 4.99 Å². The molecule has 1 aromatic carbocycles. The molecule has 2 aliphatic rings. The van der Waals surface area contributed by atoms with Crippen LogP contribution >= 0.6 is 0 Å². The molecular weight excluding hydrogens is 222 g/mol. The molecule has 0 spiro atoms. The molecule has 18 heavy (non-hydrogen) atoms. The Morgan fingerprint density at radius 3 is 3.00 bits per heavy atom. The number of aliphatic imine (C=N–C) groups is 1. The van der Waals surface area contributed by atoms with E-state index < -0.39 is 0 Å². The lowest BCUT2D eigenvalue weighted by Gasteiger charge is -2.46. The van der Waals surface area contributed by atoms with E-state index >= 15 is 0 Å². The first-order valence-electron chi connectivity index (χ1n) is 6.96. The summed E-state index contributed by atoms with van der Waals surface area (Å²) in [5.41, 5.74) is 2.41. The molecule has 0 amide bonds. The minimum atomic E-state index is -0.261. The van der Waals surface area contributed by atoms with Crippen molar-refractivity contribution < 1.29 is 4.79 Å². The third kappa shape index (κ3) is 1.56. The fourth-order valence-electron chi connectivity index (χ4n) is 4.06. The molecule has 0 N–H and O–H groups in total. The first-order chi connectivity index (χ1) is 8.78. The Kier molecular flexibility index (Phi) is 2.83. The van der Waals surface area contributed by atoms with E-state index in [9.17, 15) is 4.79 Å². The molecule has 0 unspecified atom stereocenters. The number of benzene rings is 1. The van der Waals surface area contributed by atoms with Gasteiger partial charge in [-0.1, -0.05) is 44.0 Å². The Hall–Kier alpha value is -1.40. The van der Waals surface area contributed by atoms with Crippen LogP contribution in [0.25, 0.3) is 0 Å². The number of hydrogen-bond acceptors (Lipinski definition) is 2. The first-order valence-corrected chi connectivity index (χ1v) is 6.96. The average molecular weight is 241 g/mol. The van der Waals surface area contributed by atoms with Gasteiger partial charge in [-0.25, -0.2) is 4.79 Å². The smallest absolute Gasteiger partial charge is 0.211 e. The number of carbonyl (C=O) groups excluding carboxylic acids is 1. The van der Waals surface area contributed by atoms with Crippen LogP contribution in [-0.2, 0) is 10.3 Å². The number of isocyanates is 1. The van der Waals surface area contributed by atoms with Crippen molar-refractivity contribution in [1.29, 1.82) is 0 Å². The molecular formula is C16H19NO. The van der Waals surface area contributed by atoms with Gasteiger partial charge in [-0.15, -0.1) is 0 Å². The predicted octanol–water partition coefficient (Wildman–Crippen LogP) is 3.92. The van der Waals surface area contributed by atoms with Crippen LogP contribution in [0.3, 0.4) is 0 Å². The van der Waals surface area contributed by atoms with Crippen LogP contribution in [0.1, 0.15) is 56.1 Å². The van der Waals surface area contributed by atoms with Gasteiger partial charge in [0.2, 0.25) is 6.08 Å². The Morgan fingerprint density at radius 1 is 1.33 bits per heavy atom. The van der Waals surface area contributed by atoms with Crippen LogP contribution in [0.15, 0.2) is 29.3 Å². The third-order valence-corrected chi connectivity index (χ3v) is 4.88. The molecule has 0 bridgehead atoms. The zero-order valence-corrected chi connectivity index (χ0v) is 10.9. The van der Waals surface area contributed by atoms with Gasteiger partial charge in [-0.3, -0.25) is 0 Å². The first kappa shape index (κ1) is 11.7.